The Balaban J connectivity index is 1.91. The topological polar surface area (TPSA) is 72.2 Å². The van der Waals surface area contributed by atoms with Gasteiger partial charge in [0.25, 0.3) is 5.91 Å². The number of anilines is 1. The highest BCUT2D eigenvalue weighted by Crippen LogP contribution is 2.29. The highest BCUT2D eigenvalue weighted by Gasteiger charge is 2.28. The Bertz CT molecular complexity index is 754. The molecule has 1 aliphatic rings. The minimum absolute atomic E-state index is 0.0668. The SMILES string of the molecule is Cc1cc(NC(=O)c2oc3c(c2C)C(=O)CCC3)cc(C)n1. The molecule has 5 heteroatoms. The van der Waals surface area contributed by atoms with Gasteiger partial charge in [-0.05, 0) is 39.3 Å². The number of rotatable bonds is 2. The molecule has 2 aromatic rings. The summed E-state index contributed by atoms with van der Waals surface area (Å²) in [4.78, 5) is 28.7. The fraction of sp³-hybridized carbons (Fsp3) is 0.353. The van der Waals surface area contributed by atoms with Gasteiger partial charge in [0, 0.05) is 35.5 Å². The van der Waals surface area contributed by atoms with Crippen molar-refractivity contribution in [3.63, 3.8) is 0 Å². The van der Waals surface area contributed by atoms with Gasteiger partial charge in [0.05, 0.1) is 5.56 Å². The van der Waals surface area contributed by atoms with Crippen molar-refractivity contribution in [2.75, 3.05) is 5.32 Å². The van der Waals surface area contributed by atoms with Crippen molar-refractivity contribution in [1.82, 2.24) is 4.98 Å². The molecule has 0 bridgehead atoms. The molecule has 0 unspecified atom stereocenters. The molecule has 0 fully saturated rings. The number of carbonyl (C=O) groups excluding carboxylic acids is 2. The third-order valence-electron chi connectivity index (χ3n) is 3.85. The number of fused-ring (bicyclic) bond motifs is 1. The number of hydrogen-bond donors (Lipinski definition) is 1. The molecule has 0 radical (unpaired) electrons. The standard InChI is InChI=1S/C17H18N2O3/c1-9-7-12(8-10(2)18-9)19-17(21)16-11(3)15-13(20)5-4-6-14(15)22-16/h7-8H,4-6H2,1-3H3,(H,18,19,21). The van der Waals surface area contributed by atoms with Crippen molar-refractivity contribution < 1.29 is 14.0 Å². The fourth-order valence-electron chi connectivity index (χ4n) is 2.96. The monoisotopic (exact) mass is 298 g/mol. The van der Waals surface area contributed by atoms with Crippen LogP contribution in [0.4, 0.5) is 5.69 Å². The maximum absolute atomic E-state index is 12.4. The highest BCUT2D eigenvalue weighted by atomic mass is 16.4. The summed E-state index contributed by atoms with van der Waals surface area (Å²) in [7, 11) is 0. The molecule has 114 valence electrons. The van der Waals surface area contributed by atoms with E-state index in [1.54, 1.807) is 19.1 Å². The van der Waals surface area contributed by atoms with Crippen LogP contribution in [-0.2, 0) is 6.42 Å². The molecular weight excluding hydrogens is 280 g/mol. The highest BCUT2D eigenvalue weighted by molar-refractivity contribution is 6.07. The van der Waals surface area contributed by atoms with E-state index in [1.165, 1.54) is 0 Å². The minimum Gasteiger partial charge on any atom is -0.455 e. The molecule has 1 aliphatic carbocycles. The van der Waals surface area contributed by atoms with E-state index in [9.17, 15) is 9.59 Å². The van der Waals surface area contributed by atoms with E-state index in [-0.39, 0.29) is 17.5 Å². The van der Waals surface area contributed by atoms with Crippen LogP contribution in [0.15, 0.2) is 16.5 Å². The van der Waals surface area contributed by atoms with Gasteiger partial charge in [-0.3, -0.25) is 14.6 Å². The van der Waals surface area contributed by atoms with Gasteiger partial charge >= 0.3 is 0 Å². The summed E-state index contributed by atoms with van der Waals surface area (Å²) in [6.45, 7) is 5.51. The quantitative estimate of drug-likeness (QED) is 0.922. The number of carbonyl (C=O) groups is 2. The number of aromatic nitrogens is 1. The number of nitrogens with zero attached hydrogens (tertiary/aromatic N) is 1. The first-order valence-electron chi connectivity index (χ1n) is 7.38. The summed E-state index contributed by atoms with van der Waals surface area (Å²) in [5.41, 5.74) is 3.58. The molecule has 0 aliphatic heterocycles. The van der Waals surface area contributed by atoms with E-state index < -0.39 is 0 Å². The molecule has 22 heavy (non-hydrogen) atoms. The summed E-state index contributed by atoms with van der Waals surface area (Å²) in [6.07, 6.45) is 2.02. The number of amides is 1. The predicted octanol–water partition coefficient (Wildman–Crippen LogP) is 3.37. The smallest absolute Gasteiger partial charge is 0.291 e. The number of furan rings is 1. The molecule has 0 atom stereocenters. The maximum Gasteiger partial charge on any atom is 0.291 e. The van der Waals surface area contributed by atoms with Gasteiger partial charge in [0.2, 0.25) is 0 Å². The van der Waals surface area contributed by atoms with E-state index in [2.05, 4.69) is 10.3 Å². The van der Waals surface area contributed by atoms with Gasteiger partial charge in [-0.2, -0.15) is 0 Å². The predicted molar refractivity (Wildman–Crippen MR) is 82.4 cm³/mol. The van der Waals surface area contributed by atoms with E-state index in [0.29, 0.717) is 35.4 Å². The van der Waals surface area contributed by atoms with Gasteiger partial charge in [-0.15, -0.1) is 0 Å². The van der Waals surface area contributed by atoms with Crippen molar-refractivity contribution in [2.24, 2.45) is 0 Å². The molecule has 2 aromatic heterocycles. The lowest BCUT2D eigenvalue weighted by Gasteiger charge is -2.07. The summed E-state index contributed by atoms with van der Waals surface area (Å²) in [5, 5.41) is 2.82. The molecule has 0 aromatic carbocycles. The van der Waals surface area contributed by atoms with Gasteiger partial charge < -0.3 is 9.73 Å². The normalized spacial score (nSPS) is 13.9. The Hall–Kier alpha value is -2.43. The van der Waals surface area contributed by atoms with Crippen LogP contribution in [0.3, 0.4) is 0 Å². The fourth-order valence-corrected chi connectivity index (χ4v) is 2.96. The van der Waals surface area contributed by atoms with Crippen LogP contribution in [-0.4, -0.2) is 16.7 Å². The number of ketones is 1. The summed E-state index contributed by atoms with van der Waals surface area (Å²) in [5.74, 6) is 0.607. The largest absolute Gasteiger partial charge is 0.455 e. The van der Waals surface area contributed by atoms with Gasteiger partial charge in [0.1, 0.15) is 5.76 Å². The van der Waals surface area contributed by atoms with E-state index in [4.69, 9.17) is 4.42 Å². The molecule has 2 heterocycles. The van der Waals surface area contributed by atoms with Gasteiger partial charge in [0.15, 0.2) is 11.5 Å². The van der Waals surface area contributed by atoms with Gasteiger partial charge in [-0.25, -0.2) is 0 Å². The average molecular weight is 298 g/mol. The first kappa shape index (κ1) is 14.5. The number of nitrogens with one attached hydrogen (secondary N) is 1. The second-order valence-electron chi connectivity index (χ2n) is 5.72. The molecule has 3 rings (SSSR count). The summed E-state index contributed by atoms with van der Waals surface area (Å²) in [6, 6.07) is 3.60. The van der Waals surface area contributed by atoms with Gasteiger partial charge in [-0.1, -0.05) is 0 Å². The zero-order valence-corrected chi connectivity index (χ0v) is 12.9. The van der Waals surface area contributed by atoms with Crippen molar-refractivity contribution >= 4 is 17.4 Å². The number of aryl methyl sites for hydroxylation is 3. The maximum atomic E-state index is 12.4. The van der Waals surface area contributed by atoms with Crippen LogP contribution in [0.25, 0.3) is 0 Å². The Labute approximate surface area is 128 Å². The van der Waals surface area contributed by atoms with E-state index in [0.717, 1.165) is 17.8 Å². The van der Waals surface area contributed by atoms with Crippen LogP contribution in [0.5, 0.6) is 0 Å². The Morgan fingerprint density at radius 2 is 1.86 bits per heavy atom. The third-order valence-corrected chi connectivity index (χ3v) is 3.85. The van der Waals surface area contributed by atoms with E-state index in [1.807, 2.05) is 13.8 Å². The molecule has 0 saturated heterocycles. The summed E-state index contributed by atoms with van der Waals surface area (Å²) >= 11 is 0. The number of Topliss-reactive ketones (excluding diaryl/α,β-unsaturated/α-hetero) is 1. The Morgan fingerprint density at radius 1 is 1.18 bits per heavy atom. The first-order valence-corrected chi connectivity index (χ1v) is 7.38. The van der Waals surface area contributed by atoms with Crippen molar-refractivity contribution in [3.8, 4) is 0 Å². The second-order valence-corrected chi connectivity index (χ2v) is 5.72. The van der Waals surface area contributed by atoms with Crippen molar-refractivity contribution in [3.05, 3.63) is 46.2 Å². The number of pyridine rings is 1. The first-order chi connectivity index (χ1) is 10.5. The average Bonchev–Trinajstić information content (AvgIpc) is 2.76. The summed E-state index contributed by atoms with van der Waals surface area (Å²) < 4.78 is 5.65. The van der Waals surface area contributed by atoms with Crippen LogP contribution in [0.1, 0.15) is 56.5 Å². The molecule has 0 spiro atoms. The lowest BCUT2D eigenvalue weighted by molar-refractivity contribution is 0.0963. The van der Waals surface area contributed by atoms with Crippen LogP contribution in [0.2, 0.25) is 0 Å². The molecule has 1 N–H and O–H groups in total. The van der Waals surface area contributed by atoms with Crippen molar-refractivity contribution in [1.29, 1.82) is 0 Å². The molecule has 1 amide bonds. The van der Waals surface area contributed by atoms with E-state index >= 15 is 0 Å². The Kier molecular flexibility index (Phi) is 3.56. The van der Waals surface area contributed by atoms with Crippen molar-refractivity contribution in [2.45, 2.75) is 40.0 Å². The molecular formula is C17H18N2O3. The third kappa shape index (κ3) is 2.54. The zero-order valence-electron chi connectivity index (χ0n) is 12.9. The van der Waals surface area contributed by atoms with Crippen LogP contribution in [0, 0.1) is 20.8 Å². The van der Waals surface area contributed by atoms with Crippen LogP contribution >= 0.6 is 0 Å². The zero-order chi connectivity index (χ0) is 15.9. The lowest BCUT2D eigenvalue weighted by atomic mass is 9.94. The Morgan fingerprint density at radius 3 is 2.50 bits per heavy atom. The lowest BCUT2D eigenvalue weighted by Crippen LogP contribution is -2.13. The van der Waals surface area contributed by atoms with Crippen LogP contribution < -0.4 is 5.32 Å². The molecule has 0 saturated carbocycles. The number of hydrogen-bond acceptors (Lipinski definition) is 4. The molecule has 5 nitrogen and oxygen atoms in total. The second kappa shape index (κ2) is 5.40. The minimum atomic E-state index is -0.329.